The summed E-state index contributed by atoms with van der Waals surface area (Å²) in [5.41, 5.74) is 1.33. The summed E-state index contributed by atoms with van der Waals surface area (Å²) < 4.78 is 9.99. The molecule has 0 aliphatic carbocycles. The highest BCUT2D eigenvalue weighted by molar-refractivity contribution is 5.28. The number of hydrogen-bond acceptors (Lipinski definition) is 6. The van der Waals surface area contributed by atoms with E-state index in [1.807, 2.05) is 13.0 Å². The van der Waals surface area contributed by atoms with E-state index in [0.29, 0.717) is 17.3 Å². The summed E-state index contributed by atoms with van der Waals surface area (Å²) in [5, 5.41) is 12.7. The fraction of sp³-hybridized carbons (Fsp3) is 0.300. The molecule has 16 heavy (non-hydrogen) atoms. The van der Waals surface area contributed by atoms with E-state index in [1.165, 1.54) is 6.39 Å². The number of hydrogen-bond donors (Lipinski definition) is 1. The molecule has 0 bridgehead atoms. The van der Waals surface area contributed by atoms with Crippen molar-refractivity contribution in [2.45, 2.75) is 20.1 Å². The number of aryl methyl sites for hydroxylation is 1. The lowest BCUT2D eigenvalue weighted by atomic mass is 10.3. The number of rotatable bonds is 4. The first-order valence-electron chi connectivity index (χ1n) is 4.75. The van der Waals surface area contributed by atoms with Crippen LogP contribution < -0.4 is 4.74 Å². The van der Waals surface area contributed by atoms with Gasteiger partial charge < -0.3 is 14.4 Å². The minimum atomic E-state index is -0.163. The van der Waals surface area contributed by atoms with Crippen LogP contribution >= 0.6 is 0 Å². The zero-order valence-electron chi connectivity index (χ0n) is 8.75. The highest BCUT2D eigenvalue weighted by atomic mass is 16.5. The van der Waals surface area contributed by atoms with Crippen LogP contribution in [0.25, 0.3) is 0 Å². The van der Waals surface area contributed by atoms with Crippen molar-refractivity contribution in [3.8, 4) is 5.75 Å². The topological polar surface area (TPSA) is 81.3 Å². The molecule has 1 N–H and O–H groups in total. The molecule has 2 aromatic heterocycles. The van der Waals surface area contributed by atoms with E-state index < -0.39 is 0 Å². The predicted octanol–water partition coefficient (Wildman–Crippen LogP) is 0.844. The Morgan fingerprint density at radius 2 is 2.31 bits per heavy atom. The van der Waals surface area contributed by atoms with Gasteiger partial charge in [0.15, 0.2) is 6.61 Å². The Morgan fingerprint density at radius 1 is 1.44 bits per heavy atom. The second kappa shape index (κ2) is 4.71. The number of pyridine rings is 1. The minimum absolute atomic E-state index is 0.163. The Morgan fingerprint density at radius 3 is 3.00 bits per heavy atom. The number of aromatic nitrogens is 3. The molecule has 84 valence electrons. The Kier molecular flexibility index (Phi) is 3.11. The second-order valence-electron chi connectivity index (χ2n) is 3.19. The molecular weight excluding hydrogens is 210 g/mol. The standard InChI is InChI=1S/C10H11N3O3/c1-7-2-3-9(8(4-14)12-7)15-5-10-11-6-16-13-10/h2-3,6,14H,4-5H2,1H3. The number of nitrogens with zero attached hydrogens (tertiary/aromatic N) is 3. The van der Waals surface area contributed by atoms with Crippen LogP contribution in [0.5, 0.6) is 5.75 Å². The zero-order chi connectivity index (χ0) is 11.4. The molecule has 0 amide bonds. The third-order valence-electron chi connectivity index (χ3n) is 1.99. The summed E-state index contributed by atoms with van der Waals surface area (Å²) in [6, 6.07) is 3.57. The molecule has 0 saturated heterocycles. The normalized spacial score (nSPS) is 10.4. The molecule has 0 unspecified atom stereocenters. The van der Waals surface area contributed by atoms with Crippen LogP contribution in [0.1, 0.15) is 17.2 Å². The largest absolute Gasteiger partial charge is 0.483 e. The van der Waals surface area contributed by atoms with Crippen molar-refractivity contribution in [2.75, 3.05) is 0 Å². The average Bonchev–Trinajstić information content (AvgIpc) is 2.80. The third kappa shape index (κ3) is 2.34. The molecule has 0 spiro atoms. The van der Waals surface area contributed by atoms with Crippen LogP contribution in [-0.2, 0) is 13.2 Å². The highest BCUT2D eigenvalue weighted by Crippen LogP contribution is 2.17. The summed E-state index contributed by atoms with van der Waals surface area (Å²) >= 11 is 0. The van der Waals surface area contributed by atoms with E-state index >= 15 is 0 Å². The van der Waals surface area contributed by atoms with Crippen molar-refractivity contribution in [2.24, 2.45) is 0 Å². The highest BCUT2D eigenvalue weighted by Gasteiger charge is 2.06. The maximum absolute atomic E-state index is 9.11. The van der Waals surface area contributed by atoms with Gasteiger partial charge in [-0.25, -0.2) is 0 Å². The lowest BCUT2D eigenvalue weighted by Gasteiger charge is -2.07. The molecule has 0 radical (unpaired) electrons. The Labute approximate surface area is 91.9 Å². The first-order chi connectivity index (χ1) is 7.79. The molecule has 0 atom stereocenters. The average molecular weight is 221 g/mol. The van der Waals surface area contributed by atoms with Gasteiger partial charge >= 0.3 is 0 Å². The second-order valence-corrected chi connectivity index (χ2v) is 3.19. The molecule has 6 heteroatoms. The molecular formula is C10H11N3O3. The van der Waals surface area contributed by atoms with Crippen molar-refractivity contribution in [3.05, 3.63) is 35.7 Å². The Balaban J connectivity index is 2.09. The van der Waals surface area contributed by atoms with Crippen LogP contribution in [0.15, 0.2) is 23.0 Å². The van der Waals surface area contributed by atoms with Crippen LogP contribution in [0.3, 0.4) is 0 Å². The van der Waals surface area contributed by atoms with Gasteiger partial charge in [-0.15, -0.1) is 0 Å². The Bertz CT molecular complexity index is 456. The third-order valence-corrected chi connectivity index (χ3v) is 1.99. The first kappa shape index (κ1) is 10.6. The van der Waals surface area contributed by atoms with Gasteiger partial charge in [0.05, 0.1) is 6.61 Å². The molecule has 2 heterocycles. The van der Waals surface area contributed by atoms with Gasteiger partial charge in [-0.05, 0) is 19.1 Å². The van der Waals surface area contributed by atoms with E-state index in [1.54, 1.807) is 6.07 Å². The van der Waals surface area contributed by atoms with Crippen LogP contribution in [-0.4, -0.2) is 20.2 Å². The molecule has 0 aromatic carbocycles. The van der Waals surface area contributed by atoms with Crippen LogP contribution in [0, 0.1) is 6.92 Å². The molecule has 6 nitrogen and oxygen atoms in total. The van der Waals surface area contributed by atoms with Gasteiger partial charge in [0.2, 0.25) is 12.2 Å². The summed E-state index contributed by atoms with van der Waals surface area (Å²) in [7, 11) is 0. The van der Waals surface area contributed by atoms with Gasteiger partial charge in [0, 0.05) is 5.69 Å². The van der Waals surface area contributed by atoms with E-state index in [-0.39, 0.29) is 13.2 Å². The minimum Gasteiger partial charge on any atom is -0.483 e. The van der Waals surface area contributed by atoms with Crippen molar-refractivity contribution in [3.63, 3.8) is 0 Å². The summed E-state index contributed by atoms with van der Waals surface area (Å²) in [6.45, 7) is 1.87. The predicted molar refractivity (Wildman–Crippen MR) is 53.5 cm³/mol. The first-order valence-corrected chi connectivity index (χ1v) is 4.75. The molecule has 0 saturated carbocycles. The molecule has 0 aliphatic heterocycles. The van der Waals surface area contributed by atoms with Gasteiger partial charge in [0.1, 0.15) is 11.4 Å². The smallest absolute Gasteiger partial charge is 0.213 e. The van der Waals surface area contributed by atoms with Crippen molar-refractivity contribution < 1.29 is 14.4 Å². The lowest BCUT2D eigenvalue weighted by Crippen LogP contribution is -2.02. The summed E-state index contributed by atoms with van der Waals surface area (Å²) in [4.78, 5) is 7.97. The maximum atomic E-state index is 9.11. The monoisotopic (exact) mass is 221 g/mol. The van der Waals surface area contributed by atoms with Gasteiger partial charge in [-0.2, -0.15) is 4.98 Å². The summed E-state index contributed by atoms with van der Waals surface area (Å²) in [6.07, 6.45) is 1.24. The van der Waals surface area contributed by atoms with E-state index in [2.05, 4.69) is 19.6 Å². The maximum Gasteiger partial charge on any atom is 0.213 e. The Hall–Kier alpha value is -1.95. The number of aliphatic hydroxyl groups is 1. The quantitative estimate of drug-likeness (QED) is 0.824. The van der Waals surface area contributed by atoms with Gasteiger partial charge in [-0.1, -0.05) is 5.16 Å². The van der Waals surface area contributed by atoms with Gasteiger partial charge in [-0.3, -0.25) is 4.98 Å². The molecule has 2 rings (SSSR count). The number of aliphatic hydroxyl groups excluding tert-OH is 1. The molecule has 0 aliphatic rings. The molecule has 0 fully saturated rings. The van der Waals surface area contributed by atoms with E-state index in [4.69, 9.17) is 9.84 Å². The fourth-order valence-electron chi connectivity index (χ4n) is 1.24. The van der Waals surface area contributed by atoms with Crippen LogP contribution in [0.4, 0.5) is 0 Å². The fourth-order valence-corrected chi connectivity index (χ4v) is 1.24. The van der Waals surface area contributed by atoms with E-state index in [9.17, 15) is 0 Å². The molecule has 2 aromatic rings. The lowest BCUT2D eigenvalue weighted by molar-refractivity contribution is 0.247. The van der Waals surface area contributed by atoms with E-state index in [0.717, 1.165) is 5.69 Å². The van der Waals surface area contributed by atoms with Gasteiger partial charge in [0.25, 0.3) is 0 Å². The van der Waals surface area contributed by atoms with Crippen LogP contribution in [0.2, 0.25) is 0 Å². The zero-order valence-corrected chi connectivity index (χ0v) is 8.75. The number of ether oxygens (including phenoxy) is 1. The van der Waals surface area contributed by atoms with Crippen molar-refractivity contribution >= 4 is 0 Å². The van der Waals surface area contributed by atoms with Crippen molar-refractivity contribution in [1.82, 2.24) is 15.1 Å². The summed E-state index contributed by atoms with van der Waals surface area (Å²) in [5.74, 6) is 0.974. The van der Waals surface area contributed by atoms with Crippen molar-refractivity contribution in [1.29, 1.82) is 0 Å². The SMILES string of the molecule is Cc1ccc(OCc2ncon2)c(CO)n1.